The molecule has 7 heteroatoms. The first-order chi connectivity index (χ1) is 12.0. The fourth-order valence-electron chi connectivity index (χ4n) is 2.80. The van der Waals surface area contributed by atoms with E-state index in [2.05, 4.69) is 4.98 Å². The largest absolute Gasteiger partial charge is 0.485 e. The molecule has 0 aliphatic carbocycles. The molecule has 0 spiro atoms. The lowest BCUT2D eigenvalue weighted by Crippen LogP contribution is -2.47. The zero-order chi connectivity index (χ0) is 18.0. The number of anilines is 1. The molecule has 1 aromatic heterocycles. The Kier molecular flexibility index (Phi) is 4.67. The Morgan fingerprint density at radius 3 is 2.68 bits per heavy atom. The van der Waals surface area contributed by atoms with Crippen LogP contribution in [-0.4, -0.2) is 55.0 Å². The minimum atomic E-state index is -0.575. The maximum absolute atomic E-state index is 13.0. The van der Waals surface area contributed by atoms with E-state index in [-0.39, 0.29) is 23.3 Å². The number of pyridine rings is 1. The molecule has 0 saturated heterocycles. The normalized spacial score (nSPS) is 16.3. The second-order valence-corrected chi connectivity index (χ2v) is 6.18. The van der Waals surface area contributed by atoms with E-state index >= 15 is 0 Å². The van der Waals surface area contributed by atoms with Crippen molar-refractivity contribution in [1.29, 1.82) is 0 Å². The van der Waals surface area contributed by atoms with Crippen molar-refractivity contribution in [2.24, 2.45) is 5.73 Å². The monoisotopic (exact) mass is 340 g/mol. The quantitative estimate of drug-likeness (QED) is 0.902. The number of amides is 2. The summed E-state index contributed by atoms with van der Waals surface area (Å²) in [5, 5.41) is 0. The first-order valence-electron chi connectivity index (χ1n) is 7.94. The third-order valence-corrected chi connectivity index (χ3v) is 3.92. The van der Waals surface area contributed by atoms with E-state index in [1.54, 1.807) is 4.90 Å². The molecule has 2 amide bonds. The van der Waals surface area contributed by atoms with Gasteiger partial charge in [-0.3, -0.25) is 19.5 Å². The highest BCUT2D eigenvalue weighted by Gasteiger charge is 2.31. The van der Waals surface area contributed by atoms with Crippen LogP contribution >= 0.6 is 0 Å². The van der Waals surface area contributed by atoms with E-state index < -0.39 is 5.91 Å². The molecule has 1 aliphatic heterocycles. The summed E-state index contributed by atoms with van der Waals surface area (Å²) in [4.78, 5) is 31.9. The molecule has 0 radical (unpaired) electrons. The first-order valence-corrected chi connectivity index (χ1v) is 7.94. The summed E-state index contributed by atoms with van der Waals surface area (Å²) in [6, 6.07) is 10.4. The van der Waals surface area contributed by atoms with E-state index in [0.717, 1.165) is 0 Å². The second-order valence-electron chi connectivity index (χ2n) is 6.18. The number of likely N-dealkylation sites (N-methyl/N-ethyl adjacent to an activating group) is 1. The van der Waals surface area contributed by atoms with Crippen LogP contribution in [0.2, 0.25) is 0 Å². The molecule has 2 N–H and O–H groups in total. The molecule has 3 rings (SSSR count). The number of fused-ring (bicyclic) bond motifs is 1. The van der Waals surface area contributed by atoms with E-state index in [4.69, 9.17) is 10.5 Å². The Morgan fingerprint density at radius 2 is 2.04 bits per heavy atom. The lowest BCUT2D eigenvalue weighted by atomic mass is 10.1. The van der Waals surface area contributed by atoms with Crippen LogP contribution in [0.3, 0.4) is 0 Å². The number of benzene rings is 1. The molecule has 2 aromatic rings. The molecule has 0 saturated carbocycles. The number of carbonyl (C=O) groups is 2. The van der Waals surface area contributed by atoms with Gasteiger partial charge in [0.05, 0.1) is 17.8 Å². The zero-order valence-electron chi connectivity index (χ0n) is 14.2. The van der Waals surface area contributed by atoms with E-state index in [0.29, 0.717) is 24.5 Å². The minimum Gasteiger partial charge on any atom is -0.485 e. The molecule has 0 bridgehead atoms. The Labute approximate surface area is 146 Å². The van der Waals surface area contributed by atoms with Crippen LogP contribution in [0, 0.1) is 0 Å². The number of nitrogens with zero attached hydrogens (tertiary/aromatic N) is 3. The van der Waals surface area contributed by atoms with Crippen molar-refractivity contribution >= 4 is 17.5 Å². The molecule has 1 atom stereocenters. The van der Waals surface area contributed by atoms with E-state index in [1.807, 2.05) is 43.3 Å². The molecule has 0 fully saturated rings. The molecule has 7 nitrogen and oxygen atoms in total. The molecule has 1 unspecified atom stereocenters. The van der Waals surface area contributed by atoms with Crippen molar-refractivity contribution in [3.8, 4) is 5.75 Å². The van der Waals surface area contributed by atoms with Gasteiger partial charge in [0.2, 0.25) is 5.91 Å². The van der Waals surface area contributed by atoms with Crippen molar-refractivity contribution in [1.82, 2.24) is 9.88 Å². The van der Waals surface area contributed by atoms with Crippen LogP contribution in [0.15, 0.2) is 42.6 Å². The topological polar surface area (TPSA) is 88.8 Å². The Balaban J connectivity index is 1.90. The predicted molar refractivity (Wildman–Crippen MR) is 93.8 cm³/mol. The van der Waals surface area contributed by atoms with Gasteiger partial charge in [-0.15, -0.1) is 0 Å². The third kappa shape index (κ3) is 3.61. The Hall–Kier alpha value is -2.93. The molecule has 2 heterocycles. The van der Waals surface area contributed by atoms with Crippen LogP contribution in [0.4, 0.5) is 5.69 Å². The standard InChI is InChI=1S/C18H20N4O3/c1-21(2)10-13-11-22(15-5-3-4-6-16(15)25-13)18(24)14-8-7-12(9-20-14)17(19)23/h3-9,13H,10-11H2,1-2H3,(H2,19,23). The van der Waals surface area contributed by atoms with E-state index in [1.165, 1.54) is 18.3 Å². The van der Waals surface area contributed by atoms with Gasteiger partial charge in [-0.2, -0.15) is 0 Å². The van der Waals surface area contributed by atoms with E-state index in [9.17, 15) is 9.59 Å². The fourth-order valence-corrected chi connectivity index (χ4v) is 2.80. The maximum atomic E-state index is 13.0. The highest BCUT2D eigenvalue weighted by molar-refractivity contribution is 6.06. The van der Waals surface area contributed by atoms with Crippen molar-refractivity contribution in [3.05, 3.63) is 53.9 Å². The van der Waals surface area contributed by atoms with Gasteiger partial charge in [-0.05, 0) is 38.4 Å². The van der Waals surface area contributed by atoms with Crippen molar-refractivity contribution in [3.63, 3.8) is 0 Å². The summed E-state index contributed by atoms with van der Waals surface area (Å²) in [6.45, 7) is 1.11. The summed E-state index contributed by atoms with van der Waals surface area (Å²) in [7, 11) is 3.92. The van der Waals surface area contributed by atoms with Crippen LogP contribution in [0.1, 0.15) is 20.8 Å². The number of rotatable bonds is 4. The lowest BCUT2D eigenvalue weighted by Gasteiger charge is -2.35. The molecular weight excluding hydrogens is 320 g/mol. The van der Waals surface area contributed by atoms with Gasteiger partial charge in [0, 0.05) is 12.7 Å². The van der Waals surface area contributed by atoms with Gasteiger partial charge >= 0.3 is 0 Å². The Morgan fingerprint density at radius 1 is 1.28 bits per heavy atom. The number of ether oxygens (including phenoxy) is 1. The number of nitrogens with two attached hydrogens (primary N) is 1. The summed E-state index contributed by atoms with van der Waals surface area (Å²) < 4.78 is 5.99. The highest BCUT2D eigenvalue weighted by atomic mass is 16.5. The highest BCUT2D eigenvalue weighted by Crippen LogP contribution is 2.34. The second kappa shape index (κ2) is 6.90. The summed E-state index contributed by atoms with van der Waals surface area (Å²) in [6.07, 6.45) is 1.18. The number of carbonyl (C=O) groups excluding carboxylic acids is 2. The number of hydrogen-bond acceptors (Lipinski definition) is 5. The molecule has 1 aliphatic rings. The van der Waals surface area contributed by atoms with Crippen LogP contribution in [0.5, 0.6) is 5.75 Å². The van der Waals surface area contributed by atoms with Gasteiger partial charge in [-0.1, -0.05) is 12.1 Å². The first kappa shape index (κ1) is 16.9. The molecule has 1 aromatic carbocycles. The number of primary amides is 1. The maximum Gasteiger partial charge on any atom is 0.277 e. The molecule has 25 heavy (non-hydrogen) atoms. The number of aromatic nitrogens is 1. The molecular formula is C18H20N4O3. The summed E-state index contributed by atoms with van der Waals surface area (Å²) in [5.41, 5.74) is 6.45. The summed E-state index contributed by atoms with van der Waals surface area (Å²) >= 11 is 0. The summed E-state index contributed by atoms with van der Waals surface area (Å²) in [5.74, 6) is -0.146. The zero-order valence-corrected chi connectivity index (χ0v) is 14.2. The molecule has 130 valence electrons. The average Bonchev–Trinajstić information content (AvgIpc) is 2.60. The SMILES string of the molecule is CN(C)CC1CN(C(=O)c2ccc(C(N)=O)cn2)c2ccccc2O1. The minimum absolute atomic E-state index is 0.140. The van der Waals surface area contributed by atoms with Gasteiger partial charge in [0.25, 0.3) is 5.91 Å². The predicted octanol–water partition coefficient (Wildman–Crippen LogP) is 1.15. The van der Waals surface area contributed by atoms with Crippen molar-refractivity contribution < 1.29 is 14.3 Å². The van der Waals surface area contributed by atoms with Gasteiger partial charge in [0.1, 0.15) is 17.5 Å². The number of hydrogen-bond donors (Lipinski definition) is 1. The lowest BCUT2D eigenvalue weighted by molar-refractivity contribution is 0.0934. The van der Waals surface area contributed by atoms with Gasteiger partial charge in [-0.25, -0.2) is 0 Å². The Bertz CT molecular complexity index is 789. The van der Waals surface area contributed by atoms with Crippen LogP contribution in [-0.2, 0) is 0 Å². The van der Waals surface area contributed by atoms with Gasteiger partial charge in [0.15, 0.2) is 0 Å². The average molecular weight is 340 g/mol. The van der Waals surface area contributed by atoms with Crippen molar-refractivity contribution in [2.75, 3.05) is 32.1 Å². The van der Waals surface area contributed by atoms with Crippen LogP contribution < -0.4 is 15.4 Å². The third-order valence-electron chi connectivity index (χ3n) is 3.92. The van der Waals surface area contributed by atoms with Crippen LogP contribution in [0.25, 0.3) is 0 Å². The smallest absolute Gasteiger partial charge is 0.277 e. The fraction of sp³-hybridized carbons (Fsp3) is 0.278. The van der Waals surface area contributed by atoms with Crippen molar-refractivity contribution in [2.45, 2.75) is 6.10 Å². The van der Waals surface area contributed by atoms with Gasteiger partial charge < -0.3 is 15.4 Å². The number of para-hydroxylation sites is 2.